The number of nitrogens with one attached hydrogen (secondary N) is 1. The lowest BCUT2D eigenvalue weighted by molar-refractivity contribution is -0.116. The Morgan fingerprint density at radius 1 is 1.00 bits per heavy atom. The van der Waals surface area contributed by atoms with Gasteiger partial charge in [-0.25, -0.2) is 0 Å². The van der Waals surface area contributed by atoms with E-state index in [0.29, 0.717) is 53.2 Å². The van der Waals surface area contributed by atoms with Gasteiger partial charge in [0.15, 0.2) is 17.3 Å². The minimum atomic E-state index is -0.633. The quantitative estimate of drug-likeness (QED) is 0.434. The Hall–Kier alpha value is -4.52. The molecule has 3 aromatic rings. The van der Waals surface area contributed by atoms with Gasteiger partial charge in [-0.1, -0.05) is 24.3 Å². The van der Waals surface area contributed by atoms with E-state index >= 15 is 0 Å². The van der Waals surface area contributed by atoms with E-state index < -0.39 is 5.92 Å². The number of hydrogen-bond donors (Lipinski definition) is 2. The molecule has 0 saturated carbocycles. The van der Waals surface area contributed by atoms with Crippen molar-refractivity contribution in [3.63, 3.8) is 0 Å². The van der Waals surface area contributed by atoms with E-state index in [-0.39, 0.29) is 24.2 Å². The number of amidine groups is 1. The number of fused-ring (bicyclic) bond motifs is 1. The summed E-state index contributed by atoms with van der Waals surface area (Å²) >= 11 is 0. The number of rotatable bonds is 4. The number of carbonyl (C=O) groups excluding carboxylic acids is 1. The van der Waals surface area contributed by atoms with E-state index in [0.717, 1.165) is 16.9 Å². The Kier molecular flexibility index (Phi) is 5.68. The van der Waals surface area contributed by atoms with Crippen LogP contribution in [0.25, 0.3) is 5.76 Å². The molecule has 0 aromatic heterocycles. The first-order valence-corrected chi connectivity index (χ1v) is 12.2. The molecule has 7 heteroatoms. The third-order valence-corrected chi connectivity index (χ3v) is 7.12. The van der Waals surface area contributed by atoms with Gasteiger partial charge in [0.1, 0.15) is 17.3 Å². The van der Waals surface area contributed by atoms with Gasteiger partial charge < -0.3 is 19.3 Å². The highest BCUT2D eigenvalue weighted by Gasteiger charge is 2.43. The molecule has 0 amide bonds. The second kappa shape index (κ2) is 9.17. The van der Waals surface area contributed by atoms with Crippen molar-refractivity contribution < 1.29 is 24.1 Å². The standard InChI is InChI=1S/C30H26N2O5/c1-35-21-13-10-18(11-14-21)29(34)28-26(19-12-15-24-25(16-19)37-17-36-24)27-22(8-5-9-23(27)33)32(30(28)31)20-6-3-2-4-7-20/h2-4,6-7,10-16,26,31,34H,5,8-9,17H2,1H3/b29-28+,31-30?/t26-/m0/s1. The number of ketones is 1. The van der Waals surface area contributed by atoms with Crippen LogP contribution in [0.15, 0.2) is 89.6 Å². The number of methoxy groups -OCH3 is 1. The summed E-state index contributed by atoms with van der Waals surface area (Å²) in [6.07, 6.45) is 1.80. The summed E-state index contributed by atoms with van der Waals surface area (Å²) in [6, 6.07) is 22.2. The van der Waals surface area contributed by atoms with Gasteiger partial charge in [-0.15, -0.1) is 0 Å². The molecule has 186 valence electrons. The minimum absolute atomic E-state index is 0.0254. The predicted octanol–water partition coefficient (Wildman–Crippen LogP) is 5.98. The number of nitrogens with zero attached hydrogens (tertiary/aromatic N) is 1. The number of Topliss-reactive ketones (excluding diaryl/α,β-unsaturated/α-hetero) is 1. The molecular weight excluding hydrogens is 468 g/mol. The van der Waals surface area contributed by atoms with E-state index in [2.05, 4.69) is 0 Å². The molecule has 3 aliphatic rings. The van der Waals surface area contributed by atoms with Crippen LogP contribution in [-0.2, 0) is 4.79 Å². The Bertz CT molecular complexity index is 1460. The number of aliphatic hydroxyl groups excluding tert-OH is 1. The second-order valence-electron chi connectivity index (χ2n) is 9.19. The van der Waals surface area contributed by atoms with Crippen molar-refractivity contribution in [3.05, 3.63) is 101 Å². The molecule has 7 nitrogen and oxygen atoms in total. The minimum Gasteiger partial charge on any atom is -0.507 e. The van der Waals surface area contributed by atoms with Crippen molar-refractivity contribution in [2.45, 2.75) is 25.2 Å². The van der Waals surface area contributed by atoms with Crippen LogP contribution in [0, 0.1) is 5.41 Å². The Labute approximate surface area is 214 Å². The number of ether oxygens (including phenoxy) is 3. The molecule has 2 N–H and O–H groups in total. The summed E-state index contributed by atoms with van der Waals surface area (Å²) in [5.74, 6) is 1.35. The van der Waals surface area contributed by atoms with E-state index in [9.17, 15) is 15.3 Å². The maximum Gasteiger partial charge on any atom is 0.231 e. The Balaban J connectivity index is 1.62. The zero-order valence-corrected chi connectivity index (χ0v) is 20.4. The number of carbonyl (C=O) groups is 1. The smallest absolute Gasteiger partial charge is 0.231 e. The van der Waals surface area contributed by atoms with Crippen LogP contribution in [0.3, 0.4) is 0 Å². The maximum atomic E-state index is 13.6. The Morgan fingerprint density at radius 2 is 1.76 bits per heavy atom. The molecule has 2 heterocycles. The van der Waals surface area contributed by atoms with Gasteiger partial charge in [-0.2, -0.15) is 0 Å². The first-order valence-electron chi connectivity index (χ1n) is 12.2. The monoisotopic (exact) mass is 494 g/mol. The number of anilines is 1. The third-order valence-electron chi connectivity index (χ3n) is 7.12. The average molecular weight is 495 g/mol. The summed E-state index contributed by atoms with van der Waals surface area (Å²) in [6.45, 7) is 0.133. The summed E-state index contributed by atoms with van der Waals surface area (Å²) in [5, 5.41) is 21.1. The summed E-state index contributed by atoms with van der Waals surface area (Å²) in [5.41, 5.74) is 3.85. The fourth-order valence-corrected chi connectivity index (χ4v) is 5.38. The summed E-state index contributed by atoms with van der Waals surface area (Å²) < 4.78 is 16.4. The fourth-order valence-electron chi connectivity index (χ4n) is 5.38. The van der Waals surface area contributed by atoms with Crippen molar-refractivity contribution in [2.75, 3.05) is 18.8 Å². The number of para-hydroxylation sites is 1. The summed E-state index contributed by atoms with van der Waals surface area (Å²) in [4.78, 5) is 15.4. The second-order valence-corrected chi connectivity index (χ2v) is 9.19. The maximum absolute atomic E-state index is 13.6. The molecule has 0 saturated heterocycles. The molecule has 0 radical (unpaired) electrons. The molecule has 1 atom stereocenters. The fraction of sp³-hybridized carbons (Fsp3) is 0.200. The third kappa shape index (κ3) is 3.83. The molecular formula is C30H26N2O5. The molecule has 3 aromatic carbocycles. The number of benzene rings is 3. The lowest BCUT2D eigenvalue weighted by Crippen LogP contribution is -2.42. The van der Waals surface area contributed by atoms with E-state index in [1.54, 1.807) is 31.4 Å². The number of aliphatic hydroxyl groups is 1. The van der Waals surface area contributed by atoms with Gasteiger partial charge in [-0.05, 0) is 66.9 Å². The van der Waals surface area contributed by atoms with E-state index in [1.807, 2.05) is 53.4 Å². The molecule has 1 aliphatic carbocycles. The van der Waals surface area contributed by atoms with Crippen LogP contribution in [0.5, 0.6) is 17.2 Å². The summed E-state index contributed by atoms with van der Waals surface area (Å²) in [7, 11) is 1.58. The highest BCUT2D eigenvalue weighted by molar-refractivity contribution is 6.19. The lowest BCUT2D eigenvalue weighted by Gasteiger charge is -2.41. The van der Waals surface area contributed by atoms with E-state index in [1.165, 1.54) is 0 Å². The van der Waals surface area contributed by atoms with Crippen molar-refractivity contribution >= 4 is 23.1 Å². The van der Waals surface area contributed by atoms with Crippen LogP contribution in [0.4, 0.5) is 5.69 Å². The first-order chi connectivity index (χ1) is 18.1. The number of hydrogen-bond acceptors (Lipinski definition) is 6. The van der Waals surface area contributed by atoms with Crippen molar-refractivity contribution in [1.82, 2.24) is 0 Å². The number of allylic oxidation sites excluding steroid dienone is 2. The lowest BCUT2D eigenvalue weighted by atomic mass is 9.73. The molecule has 0 bridgehead atoms. The van der Waals surface area contributed by atoms with Gasteiger partial charge in [0.2, 0.25) is 6.79 Å². The van der Waals surface area contributed by atoms with Crippen molar-refractivity contribution in [2.24, 2.45) is 0 Å². The normalized spacial score (nSPS) is 20.1. The molecule has 6 rings (SSSR count). The molecule has 0 fully saturated rings. The van der Waals surface area contributed by atoms with Crippen molar-refractivity contribution in [1.29, 1.82) is 5.41 Å². The van der Waals surface area contributed by atoms with Gasteiger partial charge >= 0.3 is 0 Å². The SMILES string of the molecule is COc1ccc(/C(O)=C2\C(=N)N(c3ccccc3)C3=C(C(=O)CCC3)[C@@H]2c2ccc3c(c2)OCO3)cc1. The van der Waals surface area contributed by atoms with Crippen LogP contribution < -0.4 is 19.1 Å². The molecule has 2 aliphatic heterocycles. The topological polar surface area (TPSA) is 92.1 Å². The first kappa shape index (κ1) is 22.9. The Morgan fingerprint density at radius 3 is 2.51 bits per heavy atom. The van der Waals surface area contributed by atoms with E-state index in [4.69, 9.17) is 14.2 Å². The van der Waals surface area contributed by atoms with Gasteiger partial charge in [0, 0.05) is 40.4 Å². The highest BCUT2D eigenvalue weighted by atomic mass is 16.7. The van der Waals surface area contributed by atoms with Crippen LogP contribution >= 0.6 is 0 Å². The largest absolute Gasteiger partial charge is 0.507 e. The zero-order chi connectivity index (χ0) is 25.5. The van der Waals surface area contributed by atoms with Crippen LogP contribution in [0.2, 0.25) is 0 Å². The van der Waals surface area contributed by atoms with Crippen molar-refractivity contribution in [3.8, 4) is 17.2 Å². The van der Waals surface area contributed by atoms with Gasteiger partial charge in [0.25, 0.3) is 0 Å². The zero-order valence-electron chi connectivity index (χ0n) is 20.4. The highest BCUT2D eigenvalue weighted by Crippen LogP contribution is 2.49. The average Bonchev–Trinajstić information content (AvgIpc) is 3.41. The molecule has 0 spiro atoms. The van der Waals surface area contributed by atoms with Gasteiger partial charge in [0.05, 0.1) is 7.11 Å². The predicted molar refractivity (Wildman–Crippen MR) is 140 cm³/mol. The van der Waals surface area contributed by atoms with Gasteiger partial charge in [-0.3, -0.25) is 15.1 Å². The molecule has 0 unspecified atom stereocenters. The van der Waals surface area contributed by atoms with Crippen LogP contribution in [-0.4, -0.2) is 30.6 Å². The van der Waals surface area contributed by atoms with Crippen LogP contribution in [0.1, 0.15) is 36.3 Å². The molecule has 37 heavy (non-hydrogen) atoms.